The van der Waals surface area contributed by atoms with Gasteiger partial charge in [-0.2, -0.15) is 0 Å². The van der Waals surface area contributed by atoms with Crippen LogP contribution >= 0.6 is 0 Å². The number of piperidine rings is 1. The molecule has 0 aromatic heterocycles. The van der Waals surface area contributed by atoms with Gasteiger partial charge in [0.25, 0.3) is 0 Å². The Morgan fingerprint density at radius 1 is 1.43 bits per heavy atom. The van der Waals surface area contributed by atoms with E-state index in [1.165, 1.54) is 24.0 Å². The van der Waals surface area contributed by atoms with Crippen molar-refractivity contribution in [1.82, 2.24) is 9.80 Å². The first-order chi connectivity index (χ1) is 10.1. The number of aryl methyl sites for hydroxylation is 1. The SMILES string of the molecule is COc1ccc(C(CN)N2CCCC(N(C)C)C2)cc1C. The Hall–Kier alpha value is -1.10. The van der Waals surface area contributed by atoms with Gasteiger partial charge in [0.05, 0.1) is 7.11 Å². The number of hydrogen-bond acceptors (Lipinski definition) is 4. The fourth-order valence-electron chi connectivity index (χ4n) is 3.29. The maximum Gasteiger partial charge on any atom is 0.121 e. The molecule has 4 nitrogen and oxygen atoms in total. The highest BCUT2D eigenvalue weighted by molar-refractivity contribution is 5.37. The maximum atomic E-state index is 6.09. The lowest BCUT2D eigenvalue weighted by atomic mass is 9.97. The zero-order chi connectivity index (χ0) is 15.4. The normalized spacial score (nSPS) is 21.5. The molecule has 1 aliphatic rings. The molecule has 2 N–H and O–H groups in total. The smallest absolute Gasteiger partial charge is 0.121 e. The standard InChI is InChI=1S/C17H29N3O/c1-13-10-14(7-8-17(13)21-4)16(11-18)20-9-5-6-15(12-20)19(2)3/h7-8,10,15-16H,5-6,9,11-12,18H2,1-4H3. The van der Waals surface area contributed by atoms with E-state index in [4.69, 9.17) is 10.5 Å². The molecule has 0 aliphatic carbocycles. The fourth-order valence-corrected chi connectivity index (χ4v) is 3.29. The van der Waals surface area contributed by atoms with Crippen molar-refractivity contribution in [1.29, 1.82) is 0 Å². The summed E-state index contributed by atoms with van der Waals surface area (Å²) in [5.74, 6) is 0.944. The molecule has 0 radical (unpaired) electrons. The van der Waals surface area contributed by atoms with Gasteiger partial charge in [-0.3, -0.25) is 4.90 Å². The van der Waals surface area contributed by atoms with Crippen molar-refractivity contribution in [3.05, 3.63) is 29.3 Å². The number of nitrogens with two attached hydrogens (primary N) is 1. The number of ether oxygens (including phenoxy) is 1. The van der Waals surface area contributed by atoms with Crippen LogP contribution in [0.1, 0.15) is 30.0 Å². The first-order valence-corrected chi connectivity index (χ1v) is 7.82. The first kappa shape index (κ1) is 16.3. The van der Waals surface area contributed by atoms with Gasteiger partial charge in [0.2, 0.25) is 0 Å². The number of rotatable bonds is 5. The van der Waals surface area contributed by atoms with Crippen LogP contribution < -0.4 is 10.5 Å². The zero-order valence-corrected chi connectivity index (χ0v) is 13.8. The molecule has 0 saturated carbocycles. The van der Waals surface area contributed by atoms with E-state index in [0.717, 1.165) is 18.8 Å². The average molecular weight is 291 g/mol. The van der Waals surface area contributed by atoms with E-state index in [1.807, 2.05) is 0 Å². The molecule has 2 unspecified atom stereocenters. The minimum atomic E-state index is 0.303. The predicted molar refractivity (Wildman–Crippen MR) is 87.8 cm³/mol. The molecule has 118 valence electrons. The number of likely N-dealkylation sites (N-methyl/N-ethyl adjacent to an activating group) is 1. The first-order valence-electron chi connectivity index (χ1n) is 7.82. The summed E-state index contributed by atoms with van der Waals surface area (Å²) in [6.07, 6.45) is 2.52. The Morgan fingerprint density at radius 2 is 2.19 bits per heavy atom. The quantitative estimate of drug-likeness (QED) is 0.901. The lowest BCUT2D eigenvalue weighted by molar-refractivity contribution is 0.0984. The molecule has 0 amide bonds. The van der Waals surface area contributed by atoms with Crippen LogP contribution in [-0.2, 0) is 0 Å². The van der Waals surface area contributed by atoms with Gasteiger partial charge in [-0.15, -0.1) is 0 Å². The zero-order valence-electron chi connectivity index (χ0n) is 13.8. The van der Waals surface area contributed by atoms with E-state index in [-0.39, 0.29) is 0 Å². The molecular formula is C17H29N3O. The third kappa shape index (κ3) is 3.76. The second-order valence-electron chi connectivity index (χ2n) is 6.24. The highest BCUT2D eigenvalue weighted by Crippen LogP contribution is 2.28. The highest BCUT2D eigenvalue weighted by atomic mass is 16.5. The number of likely N-dealkylation sites (tertiary alicyclic amines) is 1. The summed E-state index contributed by atoms with van der Waals surface area (Å²) in [7, 11) is 6.06. The van der Waals surface area contributed by atoms with E-state index in [9.17, 15) is 0 Å². The van der Waals surface area contributed by atoms with Gasteiger partial charge in [-0.1, -0.05) is 12.1 Å². The van der Waals surface area contributed by atoms with Gasteiger partial charge < -0.3 is 15.4 Å². The van der Waals surface area contributed by atoms with Crippen molar-refractivity contribution >= 4 is 0 Å². The van der Waals surface area contributed by atoms with Crippen molar-refractivity contribution in [3.8, 4) is 5.75 Å². The molecule has 4 heteroatoms. The lowest BCUT2D eigenvalue weighted by Crippen LogP contribution is -2.47. The summed E-state index contributed by atoms with van der Waals surface area (Å²) in [6.45, 7) is 4.98. The maximum absolute atomic E-state index is 6.09. The van der Waals surface area contributed by atoms with Gasteiger partial charge in [-0.25, -0.2) is 0 Å². The van der Waals surface area contributed by atoms with Crippen LogP contribution in [0.15, 0.2) is 18.2 Å². The summed E-state index contributed by atoms with van der Waals surface area (Å²) in [4.78, 5) is 4.87. The Balaban J connectivity index is 2.17. The monoisotopic (exact) mass is 291 g/mol. The van der Waals surface area contributed by atoms with Gasteiger partial charge in [0, 0.05) is 25.2 Å². The number of benzene rings is 1. The van der Waals surface area contributed by atoms with Crippen LogP contribution in [0.25, 0.3) is 0 Å². The summed E-state index contributed by atoms with van der Waals surface area (Å²) >= 11 is 0. The predicted octanol–water partition coefficient (Wildman–Crippen LogP) is 2.03. The fraction of sp³-hybridized carbons (Fsp3) is 0.647. The molecule has 2 atom stereocenters. The minimum absolute atomic E-state index is 0.303. The van der Waals surface area contributed by atoms with Crippen molar-refractivity contribution in [2.45, 2.75) is 31.8 Å². The van der Waals surface area contributed by atoms with E-state index >= 15 is 0 Å². The third-order valence-electron chi connectivity index (χ3n) is 4.63. The van der Waals surface area contributed by atoms with Crippen LogP contribution in [-0.4, -0.2) is 56.7 Å². The van der Waals surface area contributed by atoms with Gasteiger partial charge in [-0.05, 0) is 57.6 Å². The molecule has 1 saturated heterocycles. The summed E-state index contributed by atoms with van der Waals surface area (Å²) in [5, 5.41) is 0. The molecular weight excluding hydrogens is 262 g/mol. The van der Waals surface area contributed by atoms with Crippen molar-refractivity contribution in [2.75, 3.05) is 40.8 Å². The molecule has 1 aliphatic heterocycles. The number of hydrogen-bond donors (Lipinski definition) is 1. The molecule has 0 bridgehead atoms. The van der Waals surface area contributed by atoms with Crippen LogP contribution in [0.4, 0.5) is 0 Å². The van der Waals surface area contributed by atoms with E-state index < -0.39 is 0 Å². The second-order valence-corrected chi connectivity index (χ2v) is 6.24. The molecule has 2 rings (SSSR count). The Morgan fingerprint density at radius 3 is 2.76 bits per heavy atom. The molecule has 0 spiro atoms. The Bertz CT molecular complexity index is 461. The van der Waals surface area contributed by atoms with Crippen LogP contribution in [0.5, 0.6) is 5.75 Å². The van der Waals surface area contributed by atoms with E-state index in [2.05, 4.69) is 49.0 Å². The minimum Gasteiger partial charge on any atom is -0.496 e. The van der Waals surface area contributed by atoms with Gasteiger partial charge in [0.1, 0.15) is 5.75 Å². The summed E-state index contributed by atoms with van der Waals surface area (Å²) in [6, 6.07) is 7.36. The van der Waals surface area contributed by atoms with Crippen molar-refractivity contribution in [2.24, 2.45) is 5.73 Å². The van der Waals surface area contributed by atoms with E-state index in [0.29, 0.717) is 18.6 Å². The Labute approximate surface area is 128 Å². The number of methoxy groups -OCH3 is 1. The van der Waals surface area contributed by atoms with Crippen LogP contribution in [0.3, 0.4) is 0 Å². The largest absolute Gasteiger partial charge is 0.496 e. The Kier molecular flexibility index (Phi) is 5.62. The van der Waals surface area contributed by atoms with Crippen molar-refractivity contribution in [3.63, 3.8) is 0 Å². The van der Waals surface area contributed by atoms with Crippen LogP contribution in [0.2, 0.25) is 0 Å². The molecule has 21 heavy (non-hydrogen) atoms. The van der Waals surface area contributed by atoms with Gasteiger partial charge in [0.15, 0.2) is 0 Å². The molecule has 1 fully saturated rings. The van der Waals surface area contributed by atoms with E-state index in [1.54, 1.807) is 7.11 Å². The molecule has 1 aromatic rings. The highest BCUT2D eigenvalue weighted by Gasteiger charge is 2.27. The molecule has 1 heterocycles. The van der Waals surface area contributed by atoms with Crippen molar-refractivity contribution < 1.29 is 4.74 Å². The van der Waals surface area contributed by atoms with Gasteiger partial charge >= 0.3 is 0 Å². The third-order valence-corrected chi connectivity index (χ3v) is 4.63. The summed E-state index contributed by atoms with van der Waals surface area (Å²) in [5.41, 5.74) is 8.57. The second kappa shape index (κ2) is 7.25. The molecule has 1 aromatic carbocycles. The number of nitrogens with zero attached hydrogens (tertiary/aromatic N) is 2. The average Bonchev–Trinajstić information content (AvgIpc) is 2.48. The topological polar surface area (TPSA) is 41.7 Å². The summed E-state index contributed by atoms with van der Waals surface area (Å²) < 4.78 is 5.36. The lowest BCUT2D eigenvalue weighted by Gasteiger charge is -2.40. The van der Waals surface area contributed by atoms with Crippen LogP contribution in [0, 0.1) is 6.92 Å².